The first-order chi connectivity index (χ1) is 10.1. The third-order valence-electron chi connectivity index (χ3n) is 2.56. The molecule has 0 heterocycles. The fourth-order valence-corrected chi connectivity index (χ4v) is 1.74. The Morgan fingerprint density at radius 3 is 2.45 bits per heavy atom. The molecule has 6 heteroatoms. The Balaban J connectivity index is 2.82. The summed E-state index contributed by atoms with van der Waals surface area (Å²) < 4.78 is 18.5. The van der Waals surface area contributed by atoms with E-state index in [1.165, 1.54) is 12.1 Å². The van der Waals surface area contributed by atoms with E-state index in [1.807, 2.05) is 13.8 Å². The van der Waals surface area contributed by atoms with Gasteiger partial charge in [-0.3, -0.25) is 4.79 Å². The molecule has 122 valence electrons. The van der Waals surface area contributed by atoms with E-state index in [0.29, 0.717) is 5.56 Å². The van der Waals surface area contributed by atoms with Crippen LogP contribution in [0.4, 0.5) is 9.18 Å². The Bertz CT molecular complexity index is 551. The number of hydrogen-bond acceptors (Lipinski definition) is 3. The van der Waals surface area contributed by atoms with Crippen LogP contribution in [0, 0.1) is 5.82 Å². The number of benzene rings is 1. The van der Waals surface area contributed by atoms with E-state index in [1.54, 1.807) is 20.8 Å². The Kier molecular flexibility index (Phi) is 5.91. The molecule has 0 radical (unpaired) electrons. The van der Waals surface area contributed by atoms with Crippen LogP contribution in [-0.4, -0.2) is 23.6 Å². The SMILES string of the molecule is CC(C)NC(=O)c1cc(F)ccc1CNC(=O)OC(C)(C)C. The average Bonchev–Trinajstić information content (AvgIpc) is 2.34. The van der Waals surface area contributed by atoms with Crippen LogP contribution < -0.4 is 10.6 Å². The van der Waals surface area contributed by atoms with Gasteiger partial charge in [0.05, 0.1) is 0 Å². The molecule has 0 saturated heterocycles. The first kappa shape index (κ1) is 17.9. The summed E-state index contributed by atoms with van der Waals surface area (Å²) in [4.78, 5) is 23.7. The molecule has 0 bridgehead atoms. The smallest absolute Gasteiger partial charge is 0.407 e. The van der Waals surface area contributed by atoms with Gasteiger partial charge in [-0.2, -0.15) is 0 Å². The van der Waals surface area contributed by atoms with Crippen molar-refractivity contribution in [1.82, 2.24) is 10.6 Å². The highest BCUT2D eigenvalue weighted by molar-refractivity contribution is 5.95. The molecular weight excluding hydrogens is 287 g/mol. The van der Waals surface area contributed by atoms with Gasteiger partial charge in [0, 0.05) is 18.2 Å². The van der Waals surface area contributed by atoms with Crippen LogP contribution in [0.25, 0.3) is 0 Å². The Labute approximate surface area is 130 Å². The zero-order valence-corrected chi connectivity index (χ0v) is 13.6. The van der Waals surface area contributed by atoms with Gasteiger partial charge in [-0.25, -0.2) is 9.18 Å². The van der Waals surface area contributed by atoms with Gasteiger partial charge in [0.15, 0.2) is 0 Å². The van der Waals surface area contributed by atoms with Crippen LogP contribution in [0.15, 0.2) is 18.2 Å². The predicted octanol–water partition coefficient (Wildman–Crippen LogP) is 2.99. The third-order valence-corrected chi connectivity index (χ3v) is 2.56. The quantitative estimate of drug-likeness (QED) is 0.898. The zero-order chi connectivity index (χ0) is 16.9. The molecule has 1 aromatic carbocycles. The molecule has 2 amide bonds. The van der Waals surface area contributed by atoms with Crippen LogP contribution in [-0.2, 0) is 11.3 Å². The van der Waals surface area contributed by atoms with Crippen molar-refractivity contribution < 1.29 is 18.7 Å². The van der Waals surface area contributed by atoms with Crippen molar-refractivity contribution in [2.24, 2.45) is 0 Å². The molecule has 0 aromatic heterocycles. The maximum absolute atomic E-state index is 13.4. The minimum Gasteiger partial charge on any atom is -0.444 e. The van der Waals surface area contributed by atoms with E-state index in [-0.39, 0.29) is 24.1 Å². The molecule has 1 aromatic rings. The molecule has 0 saturated carbocycles. The van der Waals surface area contributed by atoms with Crippen molar-refractivity contribution in [3.05, 3.63) is 35.1 Å². The van der Waals surface area contributed by atoms with Crippen molar-refractivity contribution in [2.75, 3.05) is 0 Å². The highest BCUT2D eigenvalue weighted by Crippen LogP contribution is 2.13. The summed E-state index contributed by atoms with van der Waals surface area (Å²) in [6.45, 7) is 8.98. The molecule has 22 heavy (non-hydrogen) atoms. The lowest BCUT2D eigenvalue weighted by Crippen LogP contribution is -2.34. The van der Waals surface area contributed by atoms with Gasteiger partial charge in [0.2, 0.25) is 0 Å². The van der Waals surface area contributed by atoms with Gasteiger partial charge in [0.1, 0.15) is 11.4 Å². The molecule has 5 nitrogen and oxygen atoms in total. The van der Waals surface area contributed by atoms with E-state index in [9.17, 15) is 14.0 Å². The minimum absolute atomic E-state index is 0.0672. The van der Waals surface area contributed by atoms with Crippen LogP contribution in [0.3, 0.4) is 0 Å². The number of nitrogens with one attached hydrogen (secondary N) is 2. The van der Waals surface area contributed by atoms with Crippen molar-refractivity contribution >= 4 is 12.0 Å². The van der Waals surface area contributed by atoms with Crippen LogP contribution in [0.2, 0.25) is 0 Å². The third kappa shape index (κ3) is 6.11. The zero-order valence-electron chi connectivity index (χ0n) is 13.6. The number of amides is 2. The topological polar surface area (TPSA) is 67.4 Å². The lowest BCUT2D eigenvalue weighted by atomic mass is 10.1. The molecule has 0 aliphatic rings. The molecule has 0 spiro atoms. The van der Waals surface area contributed by atoms with Gasteiger partial charge in [0.25, 0.3) is 5.91 Å². The molecule has 0 atom stereocenters. The number of alkyl carbamates (subject to hydrolysis) is 1. The number of carbonyl (C=O) groups excluding carboxylic acids is 2. The Morgan fingerprint density at radius 1 is 1.27 bits per heavy atom. The van der Waals surface area contributed by atoms with Crippen LogP contribution in [0.5, 0.6) is 0 Å². The summed E-state index contributed by atoms with van der Waals surface area (Å²) in [5.74, 6) is -0.884. The van der Waals surface area contributed by atoms with Crippen molar-refractivity contribution in [3.8, 4) is 0 Å². The van der Waals surface area contributed by atoms with E-state index >= 15 is 0 Å². The first-order valence-electron chi connectivity index (χ1n) is 7.14. The molecule has 0 aliphatic carbocycles. The fraction of sp³-hybridized carbons (Fsp3) is 0.500. The second-order valence-corrected chi connectivity index (χ2v) is 6.29. The number of rotatable bonds is 4. The summed E-state index contributed by atoms with van der Waals surface area (Å²) in [5, 5.41) is 5.26. The molecular formula is C16H23FN2O3. The normalized spacial score (nSPS) is 11.2. The summed E-state index contributed by atoms with van der Waals surface area (Å²) in [6, 6.07) is 3.81. The van der Waals surface area contributed by atoms with Crippen LogP contribution >= 0.6 is 0 Å². The number of carbonyl (C=O) groups is 2. The van der Waals surface area contributed by atoms with E-state index in [0.717, 1.165) is 6.07 Å². The number of hydrogen-bond donors (Lipinski definition) is 2. The van der Waals surface area contributed by atoms with Gasteiger partial charge >= 0.3 is 6.09 Å². The fourth-order valence-electron chi connectivity index (χ4n) is 1.74. The number of halogens is 1. The minimum atomic E-state index is -0.606. The number of ether oxygens (including phenoxy) is 1. The standard InChI is InChI=1S/C16H23FN2O3/c1-10(2)19-14(20)13-8-12(17)7-6-11(13)9-18-15(21)22-16(3,4)5/h6-8,10H,9H2,1-5H3,(H,18,21)(H,19,20). The second-order valence-electron chi connectivity index (χ2n) is 6.29. The molecule has 0 aliphatic heterocycles. The summed E-state index contributed by atoms with van der Waals surface area (Å²) in [7, 11) is 0. The van der Waals surface area contributed by atoms with E-state index in [2.05, 4.69) is 10.6 Å². The van der Waals surface area contributed by atoms with Crippen molar-refractivity contribution in [1.29, 1.82) is 0 Å². The Hall–Kier alpha value is -2.11. The van der Waals surface area contributed by atoms with Gasteiger partial charge in [-0.15, -0.1) is 0 Å². The lowest BCUT2D eigenvalue weighted by molar-refractivity contribution is 0.0522. The summed E-state index contributed by atoms with van der Waals surface area (Å²) >= 11 is 0. The highest BCUT2D eigenvalue weighted by atomic mass is 19.1. The monoisotopic (exact) mass is 310 g/mol. The summed E-state index contributed by atoms with van der Waals surface area (Å²) in [6.07, 6.45) is -0.591. The molecule has 1 rings (SSSR count). The van der Waals surface area contributed by atoms with Crippen molar-refractivity contribution in [2.45, 2.75) is 52.8 Å². The average molecular weight is 310 g/mol. The van der Waals surface area contributed by atoms with Gasteiger partial charge in [-0.05, 0) is 52.3 Å². The Morgan fingerprint density at radius 2 is 1.91 bits per heavy atom. The van der Waals surface area contributed by atoms with Gasteiger partial charge < -0.3 is 15.4 Å². The van der Waals surface area contributed by atoms with Crippen LogP contribution in [0.1, 0.15) is 50.5 Å². The molecule has 2 N–H and O–H groups in total. The second kappa shape index (κ2) is 7.24. The van der Waals surface area contributed by atoms with E-state index in [4.69, 9.17) is 4.74 Å². The first-order valence-corrected chi connectivity index (χ1v) is 7.14. The molecule has 0 unspecified atom stereocenters. The predicted molar refractivity (Wildman–Crippen MR) is 82.1 cm³/mol. The lowest BCUT2D eigenvalue weighted by Gasteiger charge is -2.20. The highest BCUT2D eigenvalue weighted by Gasteiger charge is 2.18. The maximum Gasteiger partial charge on any atom is 0.407 e. The van der Waals surface area contributed by atoms with Gasteiger partial charge in [-0.1, -0.05) is 6.07 Å². The van der Waals surface area contributed by atoms with E-state index < -0.39 is 17.5 Å². The largest absolute Gasteiger partial charge is 0.444 e. The maximum atomic E-state index is 13.4. The molecule has 0 fully saturated rings. The summed E-state index contributed by atoms with van der Waals surface area (Å²) in [5.41, 5.74) is 0.111. The van der Waals surface area contributed by atoms with Crippen molar-refractivity contribution in [3.63, 3.8) is 0 Å².